The van der Waals surface area contributed by atoms with E-state index in [1.54, 1.807) is 0 Å². The maximum absolute atomic E-state index is 6.86. The summed E-state index contributed by atoms with van der Waals surface area (Å²) in [5, 5.41) is 2.70. The maximum atomic E-state index is 6.86. The van der Waals surface area contributed by atoms with Crippen LogP contribution in [-0.4, -0.2) is 0 Å². The Bertz CT molecular complexity index is 1950. The van der Waals surface area contributed by atoms with Gasteiger partial charge in [-0.15, -0.1) is 0 Å². The van der Waals surface area contributed by atoms with E-state index in [0.29, 0.717) is 0 Å². The summed E-state index contributed by atoms with van der Waals surface area (Å²) < 4.78 is 0.899. The second kappa shape index (κ2) is 13.1. The number of halogens is 1. The molecule has 0 aromatic heterocycles. The van der Waals surface area contributed by atoms with Gasteiger partial charge in [0.15, 0.2) is 0 Å². The van der Waals surface area contributed by atoms with Crippen molar-refractivity contribution in [3.8, 4) is 33.4 Å². The van der Waals surface area contributed by atoms with E-state index < -0.39 is 0 Å². The van der Waals surface area contributed by atoms with Crippen LogP contribution in [0.4, 0.5) is 0 Å². The molecule has 0 fully saturated rings. The van der Waals surface area contributed by atoms with E-state index in [9.17, 15) is 0 Å². The summed E-state index contributed by atoms with van der Waals surface area (Å²) in [5.41, 5.74) is 19.2. The van der Waals surface area contributed by atoms with Gasteiger partial charge < -0.3 is 5.73 Å². The predicted molar refractivity (Wildman–Crippen MR) is 198 cm³/mol. The third-order valence-corrected chi connectivity index (χ3v) is 10.4. The van der Waals surface area contributed by atoms with E-state index >= 15 is 0 Å². The molecule has 0 heterocycles. The molecule has 44 heavy (non-hydrogen) atoms. The van der Waals surface area contributed by atoms with E-state index in [-0.39, 0.29) is 0 Å². The van der Waals surface area contributed by atoms with Gasteiger partial charge in [-0.3, -0.25) is 0 Å². The van der Waals surface area contributed by atoms with Crippen molar-refractivity contribution in [2.75, 3.05) is 0 Å². The predicted octanol–water partition coefficient (Wildman–Crippen LogP) is 10.1. The molecule has 0 aliphatic heterocycles. The highest BCUT2D eigenvalue weighted by molar-refractivity contribution is 14.1. The van der Waals surface area contributed by atoms with Gasteiger partial charge in [0.1, 0.15) is 0 Å². The fraction of sp³-hybridized carbons (Fsp3) is 0.122. The fourth-order valence-corrected chi connectivity index (χ4v) is 8.45. The normalized spacial score (nSPS) is 14.1. The van der Waals surface area contributed by atoms with Gasteiger partial charge in [-0.05, 0) is 93.3 Å². The Hall–Kier alpha value is -3.80. The van der Waals surface area contributed by atoms with Crippen LogP contribution < -0.4 is 16.2 Å². The first-order valence-electron chi connectivity index (χ1n) is 15.3. The number of fused-ring (bicyclic) bond motifs is 1. The molecule has 0 spiro atoms. The zero-order valence-corrected chi connectivity index (χ0v) is 27.6. The molecular weight excluding hydrogens is 665 g/mol. The lowest BCUT2D eigenvalue weighted by Crippen LogP contribution is -2.33. The minimum atomic E-state index is 0.895. The van der Waals surface area contributed by atoms with Crippen LogP contribution in [0.25, 0.3) is 51.1 Å². The van der Waals surface area contributed by atoms with Crippen LogP contribution in [0, 0.1) is 0 Å². The topological polar surface area (TPSA) is 26.0 Å². The van der Waals surface area contributed by atoms with E-state index in [2.05, 4.69) is 156 Å². The minimum Gasteiger partial charge on any atom is -0.402 e. The average molecular weight is 700 g/mol. The van der Waals surface area contributed by atoms with Crippen molar-refractivity contribution >= 4 is 52.1 Å². The smallest absolute Gasteiger partial charge is 0.0280 e. The monoisotopic (exact) mass is 699 g/mol. The second-order valence-electron chi connectivity index (χ2n) is 11.3. The third kappa shape index (κ3) is 5.71. The Labute approximate surface area is 278 Å². The maximum Gasteiger partial charge on any atom is 0.0280 e. The van der Waals surface area contributed by atoms with Crippen molar-refractivity contribution in [1.29, 1.82) is 0 Å². The zero-order chi connectivity index (χ0) is 29.9. The molecule has 216 valence electrons. The van der Waals surface area contributed by atoms with Crippen LogP contribution in [0.3, 0.4) is 0 Å². The van der Waals surface area contributed by atoms with Gasteiger partial charge in [0, 0.05) is 31.1 Å². The van der Waals surface area contributed by atoms with Crippen molar-refractivity contribution < 1.29 is 0 Å². The van der Waals surface area contributed by atoms with Crippen molar-refractivity contribution in [3.05, 3.63) is 149 Å². The highest BCUT2D eigenvalue weighted by Gasteiger charge is 2.24. The summed E-state index contributed by atoms with van der Waals surface area (Å²) in [6, 6.07) is 39.4. The molecule has 0 saturated carbocycles. The van der Waals surface area contributed by atoms with Gasteiger partial charge in [-0.25, -0.2) is 0 Å². The lowest BCUT2D eigenvalue weighted by Gasteiger charge is -2.24. The first kappa shape index (κ1) is 28.9. The number of hydrogen-bond acceptors (Lipinski definition) is 2. The molecule has 0 saturated heterocycles. The van der Waals surface area contributed by atoms with Crippen LogP contribution in [0.2, 0.25) is 0 Å². The number of nitrogens with two attached hydrogens (primary N) is 1. The van der Waals surface area contributed by atoms with Crippen LogP contribution in [0.15, 0.2) is 137 Å². The van der Waals surface area contributed by atoms with Crippen molar-refractivity contribution in [1.82, 2.24) is 0 Å². The summed E-state index contributed by atoms with van der Waals surface area (Å²) in [6.45, 7) is 0. The van der Waals surface area contributed by atoms with Crippen molar-refractivity contribution in [2.45, 2.75) is 39.9 Å². The number of rotatable bonds is 7. The van der Waals surface area contributed by atoms with Crippen LogP contribution in [0.5, 0.6) is 0 Å². The van der Waals surface area contributed by atoms with Crippen molar-refractivity contribution in [3.63, 3.8) is 0 Å². The largest absolute Gasteiger partial charge is 0.402 e. The lowest BCUT2D eigenvalue weighted by molar-refractivity contribution is 0.947. The third-order valence-electron chi connectivity index (χ3n) is 8.52. The number of hydrogen-bond donors (Lipinski definition) is 1. The molecule has 0 unspecified atom stereocenters. The average Bonchev–Trinajstić information content (AvgIpc) is 3.09. The molecule has 5 aromatic rings. The molecular formula is C41H34INS. The van der Waals surface area contributed by atoms with E-state index in [1.807, 2.05) is 11.8 Å². The molecule has 5 aromatic carbocycles. The zero-order valence-electron chi connectivity index (χ0n) is 24.6. The quantitative estimate of drug-likeness (QED) is 0.135. The van der Waals surface area contributed by atoms with Crippen LogP contribution in [0.1, 0.15) is 36.8 Å². The molecule has 0 bridgehead atoms. The van der Waals surface area contributed by atoms with Gasteiger partial charge >= 0.3 is 0 Å². The number of allylic oxidation sites excluding steroid dienone is 4. The van der Waals surface area contributed by atoms with E-state index in [4.69, 9.17) is 5.73 Å². The summed E-state index contributed by atoms with van der Waals surface area (Å²) in [5.74, 6) is 0. The molecule has 1 nitrogen and oxygen atoms in total. The van der Waals surface area contributed by atoms with Crippen LogP contribution in [-0.2, 0) is 4.43 Å². The molecule has 3 heteroatoms. The summed E-state index contributed by atoms with van der Waals surface area (Å²) in [4.78, 5) is 2.55. The molecule has 2 aliphatic rings. The molecule has 2 aliphatic carbocycles. The standard InChI is InChI=1S/C41H34INS/c42-27-37-39(30-18-8-3-9-19-30)34-20-10-11-21-35(34)41(40(37)36-22-12-13-23-38(36)43)44-33-25-31(28-14-4-1-5-15-28)24-32(26-33)29-16-6-2-7-17-29/h1-9,12,14-22,24-26H,10-11,13,23,27,43H2. The van der Waals surface area contributed by atoms with Gasteiger partial charge in [-0.1, -0.05) is 150 Å². The van der Waals surface area contributed by atoms with Gasteiger partial charge in [0.2, 0.25) is 0 Å². The number of alkyl halides is 1. The van der Waals surface area contributed by atoms with Gasteiger partial charge in [0.25, 0.3) is 0 Å². The fourth-order valence-electron chi connectivity index (χ4n) is 6.44. The molecule has 0 amide bonds. The Morgan fingerprint density at radius 1 is 0.614 bits per heavy atom. The van der Waals surface area contributed by atoms with Crippen molar-refractivity contribution in [2.24, 2.45) is 5.73 Å². The Balaban J connectivity index is 1.52. The highest BCUT2D eigenvalue weighted by Crippen LogP contribution is 2.42. The first-order valence-corrected chi connectivity index (χ1v) is 17.7. The Morgan fingerprint density at radius 2 is 1.18 bits per heavy atom. The SMILES string of the molecule is NC1=C(c2c(CI)c(-c3ccccc3)c3c(c2Sc2cc(-c4ccccc4)cc(-c4ccccc4)c2)=CCCC=3)C=CCC1. The minimum absolute atomic E-state index is 0.895. The Morgan fingerprint density at radius 3 is 1.75 bits per heavy atom. The molecule has 0 radical (unpaired) electrons. The first-order chi connectivity index (χ1) is 21.7. The van der Waals surface area contributed by atoms with Gasteiger partial charge in [0.05, 0.1) is 0 Å². The van der Waals surface area contributed by atoms with E-state index in [1.165, 1.54) is 70.3 Å². The Kier molecular flexibility index (Phi) is 8.59. The molecule has 7 rings (SSSR count). The summed E-state index contributed by atoms with van der Waals surface area (Å²) in [7, 11) is 0. The summed E-state index contributed by atoms with van der Waals surface area (Å²) in [6.07, 6.45) is 13.5. The second-order valence-corrected chi connectivity index (χ2v) is 13.2. The van der Waals surface area contributed by atoms with Crippen LogP contribution >= 0.6 is 34.4 Å². The lowest BCUT2D eigenvalue weighted by atomic mass is 9.86. The highest BCUT2D eigenvalue weighted by atomic mass is 127. The summed E-state index contributed by atoms with van der Waals surface area (Å²) >= 11 is 4.46. The number of benzene rings is 5. The molecule has 0 atom stereocenters. The van der Waals surface area contributed by atoms with E-state index in [0.717, 1.165) is 35.8 Å². The van der Waals surface area contributed by atoms with Gasteiger partial charge in [-0.2, -0.15) is 0 Å². The molecule has 2 N–H and O–H groups in total.